The van der Waals surface area contributed by atoms with Gasteiger partial charge in [0, 0.05) is 19.3 Å². The highest BCUT2D eigenvalue weighted by molar-refractivity contribution is 5.74. The van der Waals surface area contributed by atoms with Gasteiger partial charge in [0.05, 0.1) is 24.8 Å². The normalized spacial score (nSPS) is 20.3. The van der Waals surface area contributed by atoms with Crippen molar-refractivity contribution >= 4 is 6.03 Å². The molecule has 6 nitrogen and oxygen atoms in total. The SMILES string of the molecule is Cc1cnn(CCNC(=O)NC2CCN(C)C2c2ccc(F)c(F)c2)c1. The first-order valence-electron chi connectivity index (χ1n) is 8.62. The molecule has 140 valence electrons. The van der Waals surface area contributed by atoms with Crippen molar-refractivity contribution in [3.05, 3.63) is 53.4 Å². The number of carbonyl (C=O) groups is 1. The number of rotatable bonds is 5. The Morgan fingerprint density at radius 1 is 1.35 bits per heavy atom. The zero-order chi connectivity index (χ0) is 18.7. The van der Waals surface area contributed by atoms with Gasteiger partial charge in [-0.1, -0.05) is 6.07 Å². The molecule has 2 aromatic rings. The number of urea groups is 1. The van der Waals surface area contributed by atoms with Crippen LogP contribution in [-0.4, -0.2) is 46.9 Å². The summed E-state index contributed by atoms with van der Waals surface area (Å²) in [5.74, 6) is -1.74. The maximum absolute atomic E-state index is 13.6. The minimum Gasteiger partial charge on any atom is -0.336 e. The predicted octanol–water partition coefficient (Wildman–Crippen LogP) is 2.21. The molecule has 1 aliphatic heterocycles. The van der Waals surface area contributed by atoms with E-state index in [1.54, 1.807) is 16.9 Å². The molecule has 1 aromatic carbocycles. The van der Waals surface area contributed by atoms with Gasteiger partial charge in [-0.15, -0.1) is 0 Å². The molecule has 2 amide bonds. The zero-order valence-electron chi connectivity index (χ0n) is 14.9. The summed E-state index contributed by atoms with van der Waals surface area (Å²) >= 11 is 0. The average Bonchev–Trinajstić information content (AvgIpc) is 3.16. The van der Waals surface area contributed by atoms with Crippen molar-refractivity contribution in [2.45, 2.75) is 32.0 Å². The van der Waals surface area contributed by atoms with Gasteiger partial charge in [-0.25, -0.2) is 13.6 Å². The van der Waals surface area contributed by atoms with Gasteiger partial charge in [-0.3, -0.25) is 9.58 Å². The molecular formula is C18H23F2N5O. The molecule has 3 rings (SSSR count). The highest BCUT2D eigenvalue weighted by atomic mass is 19.2. The zero-order valence-corrected chi connectivity index (χ0v) is 14.9. The fourth-order valence-corrected chi connectivity index (χ4v) is 3.37. The van der Waals surface area contributed by atoms with Crippen LogP contribution in [0.15, 0.2) is 30.6 Å². The Kier molecular flexibility index (Phi) is 5.51. The minimum atomic E-state index is -0.875. The minimum absolute atomic E-state index is 0.170. The Bertz CT molecular complexity index is 779. The topological polar surface area (TPSA) is 62.2 Å². The molecule has 1 aromatic heterocycles. The third-order valence-corrected chi connectivity index (χ3v) is 4.64. The average molecular weight is 363 g/mol. The van der Waals surface area contributed by atoms with Gasteiger partial charge in [0.15, 0.2) is 11.6 Å². The molecule has 26 heavy (non-hydrogen) atoms. The molecule has 2 atom stereocenters. The molecule has 0 saturated carbocycles. The summed E-state index contributed by atoms with van der Waals surface area (Å²) < 4.78 is 28.5. The second-order valence-electron chi connectivity index (χ2n) is 6.68. The van der Waals surface area contributed by atoms with Crippen molar-refractivity contribution in [3.8, 4) is 0 Å². The van der Waals surface area contributed by atoms with Crippen LogP contribution in [0.3, 0.4) is 0 Å². The van der Waals surface area contributed by atoms with Gasteiger partial charge in [-0.05, 0) is 43.7 Å². The van der Waals surface area contributed by atoms with Gasteiger partial charge >= 0.3 is 6.03 Å². The van der Waals surface area contributed by atoms with Gasteiger partial charge in [0.25, 0.3) is 0 Å². The lowest BCUT2D eigenvalue weighted by Crippen LogP contribution is -2.45. The predicted molar refractivity (Wildman–Crippen MR) is 93.6 cm³/mol. The number of benzene rings is 1. The lowest BCUT2D eigenvalue weighted by atomic mass is 10.00. The van der Waals surface area contributed by atoms with Crippen LogP contribution >= 0.6 is 0 Å². The van der Waals surface area contributed by atoms with Gasteiger partial charge in [-0.2, -0.15) is 5.10 Å². The van der Waals surface area contributed by atoms with E-state index < -0.39 is 11.6 Å². The molecule has 1 aliphatic rings. The van der Waals surface area contributed by atoms with E-state index >= 15 is 0 Å². The summed E-state index contributed by atoms with van der Waals surface area (Å²) in [6.45, 7) is 3.75. The first-order chi connectivity index (χ1) is 12.4. The summed E-state index contributed by atoms with van der Waals surface area (Å²) in [4.78, 5) is 14.2. The number of carbonyl (C=O) groups excluding carboxylic acids is 1. The summed E-state index contributed by atoms with van der Waals surface area (Å²) in [5, 5.41) is 9.92. The van der Waals surface area contributed by atoms with E-state index in [0.29, 0.717) is 18.7 Å². The van der Waals surface area contributed by atoms with Crippen molar-refractivity contribution in [1.82, 2.24) is 25.3 Å². The van der Waals surface area contributed by atoms with E-state index in [1.165, 1.54) is 6.07 Å². The molecular weight excluding hydrogens is 340 g/mol. The summed E-state index contributed by atoms with van der Waals surface area (Å²) in [7, 11) is 1.91. The van der Waals surface area contributed by atoms with E-state index in [2.05, 4.69) is 15.7 Å². The van der Waals surface area contributed by atoms with Crippen LogP contribution in [-0.2, 0) is 6.54 Å². The van der Waals surface area contributed by atoms with E-state index in [4.69, 9.17) is 0 Å². The monoisotopic (exact) mass is 363 g/mol. The number of halogens is 2. The van der Waals surface area contributed by atoms with Crippen LogP contribution in [0.2, 0.25) is 0 Å². The highest BCUT2D eigenvalue weighted by Gasteiger charge is 2.34. The van der Waals surface area contributed by atoms with Crippen LogP contribution in [0.4, 0.5) is 13.6 Å². The lowest BCUT2D eigenvalue weighted by molar-refractivity contribution is 0.229. The van der Waals surface area contributed by atoms with Crippen molar-refractivity contribution in [1.29, 1.82) is 0 Å². The summed E-state index contributed by atoms with van der Waals surface area (Å²) in [6, 6.07) is 3.26. The lowest BCUT2D eigenvalue weighted by Gasteiger charge is -2.26. The Morgan fingerprint density at radius 2 is 2.15 bits per heavy atom. The molecule has 1 saturated heterocycles. The van der Waals surface area contributed by atoms with Crippen molar-refractivity contribution in [3.63, 3.8) is 0 Å². The second-order valence-corrected chi connectivity index (χ2v) is 6.68. The van der Waals surface area contributed by atoms with Crippen LogP contribution in [0.5, 0.6) is 0 Å². The third kappa shape index (κ3) is 4.19. The number of aryl methyl sites for hydroxylation is 1. The molecule has 8 heteroatoms. The standard InChI is InChI=1S/C18H23F2N5O/c1-12-10-22-25(11-12)8-6-21-18(26)23-16-5-7-24(2)17(16)13-3-4-14(19)15(20)9-13/h3-4,9-11,16-17H,5-8H2,1-2H3,(H2,21,23,26). The molecule has 0 aliphatic carbocycles. The van der Waals surface area contributed by atoms with Crippen LogP contribution in [0.1, 0.15) is 23.6 Å². The Balaban J connectivity index is 1.56. The van der Waals surface area contributed by atoms with Gasteiger partial charge in [0.2, 0.25) is 0 Å². The number of nitrogens with one attached hydrogen (secondary N) is 2. The fraction of sp³-hybridized carbons (Fsp3) is 0.444. The number of likely N-dealkylation sites (N-methyl/N-ethyl adjacent to an activating group) is 1. The Labute approximate surface area is 151 Å². The highest BCUT2D eigenvalue weighted by Crippen LogP contribution is 2.31. The first kappa shape index (κ1) is 18.3. The Morgan fingerprint density at radius 3 is 2.85 bits per heavy atom. The third-order valence-electron chi connectivity index (χ3n) is 4.64. The van der Waals surface area contributed by atoms with E-state index in [0.717, 1.165) is 24.6 Å². The number of hydrogen-bond donors (Lipinski definition) is 2. The van der Waals surface area contributed by atoms with Crippen molar-refractivity contribution < 1.29 is 13.6 Å². The number of amides is 2. The van der Waals surface area contributed by atoms with Crippen LogP contribution < -0.4 is 10.6 Å². The first-order valence-corrected chi connectivity index (χ1v) is 8.62. The van der Waals surface area contributed by atoms with Gasteiger partial charge < -0.3 is 10.6 Å². The maximum atomic E-state index is 13.6. The number of hydrogen-bond acceptors (Lipinski definition) is 3. The molecule has 0 bridgehead atoms. The number of likely N-dealkylation sites (tertiary alicyclic amines) is 1. The van der Waals surface area contributed by atoms with Crippen molar-refractivity contribution in [2.75, 3.05) is 20.1 Å². The number of aromatic nitrogens is 2. The van der Waals surface area contributed by atoms with Crippen LogP contribution in [0, 0.1) is 18.6 Å². The Hall–Kier alpha value is -2.48. The smallest absolute Gasteiger partial charge is 0.315 e. The van der Waals surface area contributed by atoms with Crippen LogP contribution in [0.25, 0.3) is 0 Å². The van der Waals surface area contributed by atoms with Gasteiger partial charge in [0.1, 0.15) is 0 Å². The molecule has 0 radical (unpaired) electrons. The second kappa shape index (κ2) is 7.82. The number of nitrogens with zero attached hydrogens (tertiary/aromatic N) is 3. The molecule has 0 spiro atoms. The fourth-order valence-electron chi connectivity index (χ4n) is 3.37. The van der Waals surface area contributed by atoms with E-state index in [1.807, 2.05) is 25.1 Å². The maximum Gasteiger partial charge on any atom is 0.315 e. The quantitative estimate of drug-likeness (QED) is 0.856. The molecule has 1 fully saturated rings. The van der Waals surface area contributed by atoms with E-state index in [-0.39, 0.29) is 18.1 Å². The van der Waals surface area contributed by atoms with E-state index in [9.17, 15) is 13.6 Å². The molecule has 2 unspecified atom stereocenters. The summed E-state index contributed by atoms with van der Waals surface area (Å²) in [5.41, 5.74) is 1.72. The summed E-state index contributed by atoms with van der Waals surface area (Å²) in [6.07, 6.45) is 4.41. The molecule has 2 heterocycles. The largest absolute Gasteiger partial charge is 0.336 e. The molecule has 2 N–H and O–H groups in total. The van der Waals surface area contributed by atoms with Crippen molar-refractivity contribution in [2.24, 2.45) is 0 Å².